The molecule has 3 aliphatic rings. The van der Waals surface area contributed by atoms with E-state index < -0.39 is 0 Å². The minimum Gasteiger partial charge on any atom is -0.486 e. The number of nitrogens with zero attached hydrogens (tertiary/aromatic N) is 1. The Hall–Kier alpha value is -3.65. The van der Waals surface area contributed by atoms with E-state index in [1.165, 1.54) is 12.1 Å². The second-order valence-electron chi connectivity index (χ2n) is 11.0. The van der Waals surface area contributed by atoms with E-state index in [0.717, 1.165) is 68.2 Å². The van der Waals surface area contributed by atoms with Gasteiger partial charge in [0.2, 0.25) is 5.91 Å². The molecule has 210 valence electrons. The van der Waals surface area contributed by atoms with E-state index in [1.54, 1.807) is 24.3 Å². The highest BCUT2D eigenvalue weighted by Crippen LogP contribution is 2.40. The molecule has 2 aromatic carbocycles. The molecule has 0 spiro atoms. The Labute approximate surface area is 233 Å². The third-order valence-electron chi connectivity index (χ3n) is 8.30. The molecule has 3 heterocycles. The summed E-state index contributed by atoms with van der Waals surface area (Å²) >= 11 is 0. The van der Waals surface area contributed by atoms with Gasteiger partial charge in [0.1, 0.15) is 23.9 Å². The van der Waals surface area contributed by atoms with Gasteiger partial charge in [-0.2, -0.15) is 0 Å². The van der Waals surface area contributed by atoms with Gasteiger partial charge in [-0.15, -0.1) is 0 Å². The lowest BCUT2D eigenvalue weighted by molar-refractivity contribution is -0.137. The number of amides is 2. The minimum atomic E-state index is -0.302. The molecular formula is C32H35FN2O5. The van der Waals surface area contributed by atoms with Crippen molar-refractivity contribution in [3.63, 3.8) is 0 Å². The van der Waals surface area contributed by atoms with Crippen molar-refractivity contribution in [3.05, 3.63) is 88.6 Å². The zero-order valence-corrected chi connectivity index (χ0v) is 22.6. The number of rotatable bonds is 8. The zero-order chi connectivity index (χ0) is 27.5. The Morgan fingerprint density at radius 3 is 2.60 bits per heavy atom. The summed E-state index contributed by atoms with van der Waals surface area (Å²) in [6, 6.07) is 15.5. The molecular weight excluding hydrogens is 511 g/mol. The maximum Gasteiger partial charge on any atom is 0.287 e. The predicted octanol–water partition coefficient (Wildman–Crippen LogP) is 5.57. The number of ether oxygens (including phenoxy) is 2. The molecule has 2 unspecified atom stereocenters. The van der Waals surface area contributed by atoms with Gasteiger partial charge in [0.15, 0.2) is 5.76 Å². The highest BCUT2D eigenvalue weighted by molar-refractivity contribution is 5.91. The van der Waals surface area contributed by atoms with Crippen molar-refractivity contribution in [3.8, 4) is 5.75 Å². The molecule has 1 saturated heterocycles. The average Bonchev–Trinajstić information content (AvgIpc) is 3.78. The molecule has 40 heavy (non-hydrogen) atoms. The lowest BCUT2D eigenvalue weighted by Gasteiger charge is -2.39. The van der Waals surface area contributed by atoms with Crippen molar-refractivity contribution in [2.75, 3.05) is 19.7 Å². The molecule has 1 saturated carbocycles. The van der Waals surface area contributed by atoms with Crippen LogP contribution in [0, 0.1) is 11.7 Å². The lowest BCUT2D eigenvalue weighted by atomic mass is 9.87. The van der Waals surface area contributed by atoms with Crippen LogP contribution in [0.1, 0.15) is 77.6 Å². The molecule has 1 N–H and O–H groups in total. The Kier molecular flexibility index (Phi) is 7.86. The molecule has 7 nitrogen and oxygen atoms in total. The first-order chi connectivity index (χ1) is 19.5. The molecule has 8 heteroatoms. The van der Waals surface area contributed by atoms with Crippen LogP contribution in [0.4, 0.5) is 4.39 Å². The third-order valence-corrected chi connectivity index (χ3v) is 8.30. The second-order valence-corrected chi connectivity index (χ2v) is 11.0. The van der Waals surface area contributed by atoms with Gasteiger partial charge >= 0.3 is 0 Å². The second kappa shape index (κ2) is 11.8. The molecule has 2 fully saturated rings. The normalized spacial score (nSPS) is 20.9. The van der Waals surface area contributed by atoms with E-state index in [4.69, 9.17) is 13.9 Å². The van der Waals surface area contributed by atoms with Crippen LogP contribution in [0.25, 0.3) is 0 Å². The fourth-order valence-electron chi connectivity index (χ4n) is 6.16. The van der Waals surface area contributed by atoms with Gasteiger partial charge in [-0.05, 0) is 85.2 Å². The monoisotopic (exact) mass is 546 g/mol. The van der Waals surface area contributed by atoms with Crippen molar-refractivity contribution in [1.82, 2.24) is 10.2 Å². The summed E-state index contributed by atoms with van der Waals surface area (Å²) in [7, 11) is 0. The smallest absolute Gasteiger partial charge is 0.287 e. The molecule has 6 rings (SSSR count). The quantitative estimate of drug-likeness (QED) is 0.400. The summed E-state index contributed by atoms with van der Waals surface area (Å²) < 4.78 is 31.2. The number of halogens is 1. The number of hydrogen-bond donors (Lipinski definition) is 1. The summed E-state index contributed by atoms with van der Waals surface area (Å²) in [6.07, 6.45) is 6.83. The van der Waals surface area contributed by atoms with Gasteiger partial charge in [0.25, 0.3) is 5.91 Å². The van der Waals surface area contributed by atoms with Crippen LogP contribution in [-0.2, 0) is 22.6 Å². The number of carbonyl (C=O) groups excluding carboxylic acids is 2. The molecule has 3 aromatic rings. The van der Waals surface area contributed by atoms with Crippen LogP contribution in [0.2, 0.25) is 0 Å². The van der Waals surface area contributed by atoms with Gasteiger partial charge < -0.3 is 24.1 Å². The highest BCUT2D eigenvalue weighted by atomic mass is 19.1. The Bertz CT molecular complexity index is 1340. The maximum atomic E-state index is 13.8. The van der Waals surface area contributed by atoms with Gasteiger partial charge in [-0.3, -0.25) is 9.59 Å². The first kappa shape index (κ1) is 26.6. The summed E-state index contributed by atoms with van der Waals surface area (Å²) in [4.78, 5) is 28.0. The van der Waals surface area contributed by atoms with E-state index in [2.05, 4.69) is 5.32 Å². The predicted molar refractivity (Wildman–Crippen MR) is 146 cm³/mol. The molecule has 1 aliphatic carbocycles. The lowest BCUT2D eigenvalue weighted by Crippen LogP contribution is -2.43. The van der Waals surface area contributed by atoms with Crippen LogP contribution in [0.5, 0.6) is 5.75 Å². The number of nitrogens with one attached hydrogen (secondary N) is 1. The number of carbonyl (C=O) groups is 2. The number of furan rings is 1. The first-order valence-electron chi connectivity index (χ1n) is 14.4. The first-order valence-corrected chi connectivity index (χ1v) is 14.4. The topological polar surface area (TPSA) is 81.0 Å². The van der Waals surface area contributed by atoms with Gasteiger partial charge in [0, 0.05) is 25.6 Å². The molecule has 2 aliphatic heterocycles. The van der Waals surface area contributed by atoms with Crippen LogP contribution in [0.15, 0.2) is 59.0 Å². The Balaban J connectivity index is 1.17. The van der Waals surface area contributed by atoms with Crippen molar-refractivity contribution in [2.24, 2.45) is 5.92 Å². The van der Waals surface area contributed by atoms with Crippen LogP contribution in [-0.4, -0.2) is 42.5 Å². The van der Waals surface area contributed by atoms with Crippen LogP contribution < -0.4 is 10.1 Å². The molecule has 0 bridgehead atoms. The fourth-order valence-corrected chi connectivity index (χ4v) is 6.16. The van der Waals surface area contributed by atoms with E-state index in [0.29, 0.717) is 24.6 Å². The van der Waals surface area contributed by atoms with Gasteiger partial charge in [-0.25, -0.2) is 4.39 Å². The number of benzene rings is 2. The summed E-state index contributed by atoms with van der Waals surface area (Å²) in [6.45, 7) is 2.00. The molecule has 2 amide bonds. The zero-order valence-electron chi connectivity index (χ0n) is 22.6. The third kappa shape index (κ3) is 5.77. The summed E-state index contributed by atoms with van der Waals surface area (Å²) in [5.41, 5.74) is 3.03. The Morgan fingerprint density at radius 2 is 1.82 bits per heavy atom. The van der Waals surface area contributed by atoms with Gasteiger partial charge in [-0.1, -0.05) is 31.0 Å². The minimum absolute atomic E-state index is 0.0555. The summed E-state index contributed by atoms with van der Waals surface area (Å²) in [5, 5.41) is 2.87. The van der Waals surface area contributed by atoms with E-state index >= 15 is 0 Å². The van der Waals surface area contributed by atoms with Crippen molar-refractivity contribution >= 4 is 11.8 Å². The van der Waals surface area contributed by atoms with Gasteiger partial charge in [0.05, 0.1) is 12.1 Å². The van der Waals surface area contributed by atoms with Crippen molar-refractivity contribution in [1.29, 1.82) is 0 Å². The molecule has 1 aromatic heterocycles. The van der Waals surface area contributed by atoms with Crippen LogP contribution >= 0.6 is 0 Å². The van der Waals surface area contributed by atoms with E-state index in [1.807, 2.05) is 23.1 Å². The maximum absolute atomic E-state index is 13.8. The fraction of sp³-hybridized carbons (Fsp3) is 0.438. The number of hydrogen-bond acceptors (Lipinski definition) is 5. The van der Waals surface area contributed by atoms with E-state index in [9.17, 15) is 14.0 Å². The standard InChI is InChI=1S/C32H35FN2O5/c33-24-10-7-22(8-11-24)30-28-18-25(12-9-21(28)15-16-35(30)32(37)23-4-1-2-5-23)39-20-27-13-14-29(40-27)31(36)34-19-26-6-3-17-38-26/h7-14,18,23,26,30H,1-6,15-17,19-20H2,(H,34,36). The molecule has 0 radical (unpaired) electrons. The van der Waals surface area contributed by atoms with E-state index in [-0.39, 0.29) is 48.1 Å². The largest absolute Gasteiger partial charge is 0.486 e. The number of fused-ring (bicyclic) bond motifs is 1. The van der Waals surface area contributed by atoms with Crippen molar-refractivity contribution in [2.45, 2.75) is 63.7 Å². The Morgan fingerprint density at radius 1 is 1.00 bits per heavy atom. The van der Waals surface area contributed by atoms with Crippen LogP contribution in [0.3, 0.4) is 0 Å². The highest BCUT2D eigenvalue weighted by Gasteiger charge is 2.36. The summed E-state index contributed by atoms with van der Waals surface area (Å²) in [5.74, 6) is 1.08. The SMILES string of the molecule is O=C(NCC1CCCO1)c1ccc(COc2ccc3c(c2)C(c2ccc(F)cc2)N(C(=O)C2CCCC2)CC3)o1. The van der Waals surface area contributed by atoms with Crippen molar-refractivity contribution < 1.29 is 27.9 Å². The molecule has 2 atom stereocenters. The average molecular weight is 547 g/mol.